The summed E-state index contributed by atoms with van der Waals surface area (Å²) in [6.45, 7) is 1.83. The second-order valence-electron chi connectivity index (χ2n) is 8.33. The van der Waals surface area contributed by atoms with Crippen LogP contribution in [0, 0.1) is 0 Å². The maximum atomic E-state index is 13.1. The molecule has 0 spiro atoms. The van der Waals surface area contributed by atoms with Crippen LogP contribution in [-0.2, 0) is 6.54 Å². The summed E-state index contributed by atoms with van der Waals surface area (Å²) in [4.78, 5) is 34.9. The number of aromatic nitrogens is 1. The Morgan fingerprint density at radius 2 is 1.80 bits per heavy atom. The lowest BCUT2D eigenvalue weighted by molar-refractivity contribution is 0.102. The number of para-hydroxylation sites is 2. The third kappa shape index (κ3) is 8.01. The van der Waals surface area contributed by atoms with E-state index in [2.05, 4.69) is 20.5 Å². The van der Waals surface area contributed by atoms with Crippen LogP contribution in [-0.4, -0.2) is 60.2 Å². The molecule has 0 atom stereocenters. The largest absolute Gasteiger partial charge is 0.397 e. The van der Waals surface area contributed by atoms with Crippen molar-refractivity contribution in [2.45, 2.75) is 17.9 Å². The zero-order valence-corrected chi connectivity index (χ0v) is 21.1. The van der Waals surface area contributed by atoms with Crippen molar-refractivity contribution in [1.82, 2.24) is 14.8 Å². The highest BCUT2D eigenvalue weighted by molar-refractivity contribution is 7.98. The van der Waals surface area contributed by atoms with Crippen LogP contribution < -0.4 is 16.4 Å². The highest BCUT2D eigenvalue weighted by Crippen LogP contribution is 2.20. The van der Waals surface area contributed by atoms with Crippen LogP contribution in [0.1, 0.15) is 22.5 Å². The Kier molecular flexibility index (Phi) is 9.51. The van der Waals surface area contributed by atoms with Crippen LogP contribution in [0.4, 0.5) is 21.9 Å². The number of anilines is 3. The molecule has 3 amide bonds. The molecule has 0 fully saturated rings. The van der Waals surface area contributed by atoms with Gasteiger partial charge in [-0.2, -0.15) is 0 Å². The average molecular weight is 493 g/mol. The molecule has 0 unspecified atom stereocenters. The molecular weight excluding hydrogens is 460 g/mol. The van der Waals surface area contributed by atoms with Crippen molar-refractivity contribution < 1.29 is 9.59 Å². The Labute approximate surface area is 210 Å². The quantitative estimate of drug-likeness (QED) is 0.282. The summed E-state index contributed by atoms with van der Waals surface area (Å²) in [5.41, 5.74) is 8.79. The van der Waals surface area contributed by atoms with Gasteiger partial charge in [-0.25, -0.2) is 4.79 Å². The van der Waals surface area contributed by atoms with Crippen molar-refractivity contribution in [2.75, 3.05) is 49.8 Å². The number of thioether (sulfide) groups is 1. The lowest BCUT2D eigenvalue weighted by Gasteiger charge is -2.24. The summed E-state index contributed by atoms with van der Waals surface area (Å²) in [5, 5.41) is 5.77. The maximum absolute atomic E-state index is 13.1. The number of carbonyl (C=O) groups is 2. The van der Waals surface area contributed by atoms with E-state index in [0.29, 0.717) is 24.5 Å². The zero-order chi connectivity index (χ0) is 25.2. The molecule has 0 aliphatic rings. The molecule has 0 radical (unpaired) electrons. The minimum atomic E-state index is -0.344. The number of urea groups is 1. The van der Waals surface area contributed by atoms with Gasteiger partial charge in [0.15, 0.2) is 0 Å². The third-order valence-corrected chi connectivity index (χ3v) is 6.01. The SMILES string of the molecule is CSc1cccc(NC(=O)N(CCCN(C)C)Cc2ccc(C(=O)Nc3ccccc3N)nc2)c1. The van der Waals surface area contributed by atoms with Crippen LogP contribution >= 0.6 is 11.8 Å². The number of hydrogen-bond donors (Lipinski definition) is 3. The number of pyridine rings is 1. The number of nitrogens with two attached hydrogens (primary N) is 1. The topological polar surface area (TPSA) is 104 Å². The molecule has 3 rings (SSSR count). The second kappa shape index (κ2) is 12.8. The van der Waals surface area contributed by atoms with E-state index in [0.717, 1.165) is 29.1 Å². The van der Waals surface area contributed by atoms with Crippen LogP contribution in [0.5, 0.6) is 0 Å². The second-order valence-corrected chi connectivity index (χ2v) is 9.21. The lowest BCUT2D eigenvalue weighted by atomic mass is 10.2. The molecule has 0 aliphatic carbocycles. The van der Waals surface area contributed by atoms with Gasteiger partial charge >= 0.3 is 6.03 Å². The van der Waals surface area contributed by atoms with E-state index in [1.54, 1.807) is 53.2 Å². The molecule has 1 heterocycles. The number of hydrogen-bond acceptors (Lipinski definition) is 6. The summed E-state index contributed by atoms with van der Waals surface area (Å²) in [6.07, 6.45) is 4.46. The van der Waals surface area contributed by atoms with Crippen molar-refractivity contribution in [3.05, 3.63) is 78.1 Å². The first kappa shape index (κ1) is 26.1. The number of nitrogens with zero attached hydrogens (tertiary/aromatic N) is 3. The third-order valence-electron chi connectivity index (χ3n) is 5.28. The molecule has 1 aromatic heterocycles. The number of amides is 3. The highest BCUT2D eigenvalue weighted by atomic mass is 32.2. The van der Waals surface area contributed by atoms with Gasteiger partial charge in [0.05, 0.1) is 11.4 Å². The van der Waals surface area contributed by atoms with Gasteiger partial charge in [0.1, 0.15) is 5.69 Å². The molecule has 0 saturated carbocycles. The molecule has 0 bridgehead atoms. The molecule has 184 valence electrons. The van der Waals surface area contributed by atoms with E-state index >= 15 is 0 Å². The summed E-state index contributed by atoms with van der Waals surface area (Å²) in [7, 11) is 4.02. The van der Waals surface area contributed by atoms with E-state index in [4.69, 9.17) is 5.73 Å². The van der Waals surface area contributed by atoms with Crippen molar-refractivity contribution in [2.24, 2.45) is 0 Å². The van der Waals surface area contributed by atoms with E-state index < -0.39 is 0 Å². The molecular formula is C26H32N6O2S. The van der Waals surface area contributed by atoms with Gasteiger partial charge in [0.2, 0.25) is 0 Å². The van der Waals surface area contributed by atoms with Crippen LogP contribution in [0.15, 0.2) is 71.8 Å². The van der Waals surface area contributed by atoms with E-state index in [-0.39, 0.29) is 17.6 Å². The zero-order valence-electron chi connectivity index (χ0n) is 20.3. The Bertz CT molecular complexity index is 1140. The van der Waals surface area contributed by atoms with Gasteiger partial charge < -0.3 is 26.2 Å². The molecule has 9 heteroatoms. The smallest absolute Gasteiger partial charge is 0.322 e. The summed E-state index contributed by atoms with van der Waals surface area (Å²) in [5.74, 6) is -0.344. The molecule has 0 saturated heterocycles. The minimum Gasteiger partial charge on any atom is -0.397 e. The monoisotopic (exact) mass is 492 g/mol. The fourth-order valence-corrected chi connectivity index (χ4v) is 3.86. The van der Waals surface area contributed by atoms with Gasteiger partial charge in [-0.05, 0) is 75.3 Å². The number of rotatable bonds is 10. The number of nitrogens with one attached hydrogen (secondary N) is 2. The summed E-state index contributed by atoms with van der Waals surface area (Å²) < 4.78 is 0. The maximum Gasteiger partial charge on any atom is 0.322 e. The first-order valence-corrected chi connectivity index (χ1v) is 12.5. The number of benzene rings is 2. The van der Waals surface area contributed by atoms with E-state index in [1.165, 1.54) is 0 Å². The summed E-state index contributed by atoms with van der Waals surface area (Å²) >= 11 is 1.62. The Hall–Kier alpha value is -3.56. The average Bonchev–Trinajstić information content (AvgIpc) is 2.85. The standard InChI is InChI=1S/C26H32N6O2S/c1-31(2)14-7-15-32(26(34)29-20-8-6-9-21(16-20)35-3)18-19-12-13-24(28-17-19)25(33)30-23-11-5-4-10-22(23)27/h4-6,8-13,16-17H,7,14-15,18,27H2,1-3H3,(H,29,34)(H,30,33). The minimum absolute atomic E-state index is 0.177. The van der Waals surface area contributed by atoms with Crippen LogP contribution in [0.2, 0.25) is 0 Å². The first-order valence-electron chi connectivity index (χ1n) is 11.3. The predicted molar refractivity (Wildman–Crippen MR) is 144 cm³/mol. The molecule has 35 heavy (non-hydrogen) atoms. The summed E-state index contributed by atoms with van der Waals surface area (Å²) in [6, 6.07) is 18.1. The van der Waals surface area contributed by atoms with E-state index in [1.807, 2.05) is 50.7 Å². The first-order chi connectivity index (χ1) is 16.9. The Morgan fingerprint density at radius 3 is 2.49 bits per heavy atom. The van der Waals surface area contributed by atoms with Gasteiger partial charge in [0, 0.05) is 29.9 Å². The van der Waals surface area contributed by atoms with Gasteiger partial charge in [-0.3, -0.25) is 9.78 Å². The normalized spacial score (nSPS) is 10.7. The number of carbonyl (C=O) groups excluding carboxylic acids is 2. The predicted octanol–water partition coefficient (Wildman–Crippen LogP) is 4.62. The van der Waals surface area contributed by atoms with Crippen molar-refractivity contribution in [3.8, 4) is 0 Å². The molecule has 3 aromatic rings. The molecule has 0 aliphatic heterocycles. The molecule has 2 aromatic carbocycles. The van der Waals surface area contributed by atoms with Crippen LogP contribution in [0.25, 0.3) is 0 Å². The van der Waals surface area contributed by atoms with Gasteiger partial charge in [-0.15, -0.1) is 11.8 Å². The molecule has 8 nitrogen and oxygen atoms in total. The van der Waals surface area contributed by atoms with Gasteiger partial charge in [0.25, 0.3) is 5.91 Å². The van der Waals surface area contributed by atoms with Crippen molar-refractivity contribution in [1.29, 1.82) is 0 Å². The highest BCUT2D eigenvalue weighted by Gasteiger charge is 2.16. The Morgan fingerprint density at radius 1 is 1.00 bits per heavy atom. The van der Waals surface area contributed by atoms with Crippen LogP contribution in [0.3, 0.4) is 0 Å². The van der Waals surface area contributed by atoms with Crippen molar-refractivity contribution in [3.63, 3.8) is 0 Å². The van der Waals surface area contributed by atoms with Crippen molar-refractivity contribution >= 4 is 40.8 Å². The fourth-order valence-electron chi connectivity index (χ4n) is 3.40. The number of nitrogen functional groups attached to an aromatic ring is 1. The van der Waals surface area contributed by atoms with Gasteiger partial charge in [-0.1, -0.05) is 24.3 Å². The van der Waals surface area contributed by atoms with E-state index in [9.17, 15) is 9.59 Å². The lowest BCUT2D eigenvalue weighted by Crippen LogP contribution is -2.36. The molecule has 4 N–H and O–H groups in total. The fraction of sp³-hybridized carbons (Fsp3) is 0.269. The Balaban J connectivity index is 1.68.